The Labute approximate surface area is 522 Å². The minimum Gasteiger partial charge on any atom is -0.394 e. The van der Waals surface area contributed by atoms with Crippen LogP contribution in [-0.4, -0.2) is 200 Å². The third kappa shape index (κ3) is 18.0. The van der Waals surface area contributed by atoms with Gasteiger partial charge in [0, 0.05) is 73.5 Å². The second-order valence-corrected chi connectivity index (χ2v) is 24.4. The van der Waals surface area contributed by atoms with Crippen LogP contribution in [0.2, 0.25) is 0 Å². The summed E-state index contributed by atoms with van der Waals surface area (Å²) in [7, 11) is 0. The van der Waals surface area contributed by atoms with E-state index < -0.39 is 168 Å². The van der Waals surface area contributed by atoms with Crippen molar-refractivity contribution in [2.75, 3.05) is 44.6 Å². The van der Waals surface area contributed by atoms with E-state index in [-0.39, 0.29) is 69.4 Å². The second kappa shape index (κ2) is 31.2. The lowest BCUT2D eigenvalue weighted by molar-refractivity contribution is -0.144. The van der Waals surface area contributed by atoms with Crippen LogP contribution in [0.4, 0.5) is 5.69 Å². The topological polar surface area (TPSA) is 417 Å². The molecule has 0 saturated carbocycles. The number of aliphatic hydroxyl groups excluding tert-OH is 2. The Bertz CT molecular complexity index is 3190. The summed E-state index contributed by atoms with van der Waals surface area (Å²) in [6, 6.07) is 5.47. The first-order valence-corrected chi connectivity index (χ1v) is 30.9. The molecule has 2 saturated heterocycles. The molecule has 29 nitrogen and oxygen atoms in total. The van der Waals surface area contributed by atoms with Crippen LogP contribution >= 0.6 is 24.4 Å². The van der Waals surface area contributed by atoms with Gasteiger partial charge in [0.25, 0.3) is 5.91 Å². The van der Waals surface area contributed by atoms with Crippen LogP contribution in [-0.2, 0) is 75.3 Å². The molecule has 4 aliphatic heterocycles. The lowest BCUT2D eigenvalue weighted by Gasteiger charge is -2.32. The maximum Gasteiger partial charge on any atom is 0.254 e. The molecule has 0 aliphatic carbocycles. The number of amides is 13. The highest BCUT2D eigenvalue weighted by molar-refractivity contribution is 8.00. The van der Waals surface area contributed by atoms with Crippen molar-refractivity contribution in [2.24, 2.45) is 11.8 Å². The number of hydrogen-bond acceptors (Lipinski definition) is 18. The van der Waals surface area contributed by atoms with Crippen molar-refractivity contribution in [2.45, 2.75) is 150 Å². The number of aliphatic hydroxyl groups is 2. The molecule has 31 heteroatoms. The minimum atomic E-state index is -1.70. The summed E-state index contributed by atoms with van der Waals surface area (Å²) in [5.41, 5.74) is 2.06. The van der Waals surface area contributed by atoms with Gasteiger partial charge in [-0.05, 0) is 61.9 Å². The monoisotopic (exact) mass is 1270 g/mol. The number of para-hydroxylation sites is 1. The van der Waals surface area contributed by atoms with Crippen LogP contribution in [0.3, 0.4) is 0 Å². The number of imide groups is 1. The summed E-state index contributed by atoms with van der Waals surface area (Å²) in [6.07, 6.45) is -2.15. The molecule has 0 radical (unpaired) electrons. The van der Waals surface area contributed by atoms with Crippen LogP contribution in [0.15, 0.2) is 53.6 Å². The van der Waals surface area contributed by atoms with Crippen LogP contribution in [0.5, 0.6) is 0 Å². The van der Waals surface area contributed by atoms with E-state index in [1.54, 1.807) is 69.3 Å². The van der Waals surface area contributed by atoms with E-state index >= 15 is 0 Å². The van der Waals surface area contributed by atoms with Crippen molar-refractivity contribution in [3.05, 3.63) is 59.7 Å². The molecule has 2 bridgehead atoms. The predicted octanol–water partition coefficient (Wildman–Crippen LogP) is -2.95. The van der Waals surface area contributed by atoms with E-state index in [1.165, 1.54) is 6.92 Å². The molecule has 482 valence electrons. The number of aromatic nitrogens is 1. The summed E-state index contributed by atoms with van der Waals surface area (Å²) < 4.78 is 0. The molecule has 14 N–H and O–H groups in total. The number of H-pyrrole nitrogens is 1. The Morgan fingerprint density at radius 3 is 2.12 bits per heavy atom. The summed E-state index contributed by atoms with van der Waals surface area (Å²) in [6.45, 7) is 5.63. The fraction of sp³-hybridized carbons (Fsp3) is 0.534. The van der Waals surface area contributed by atoms with Crippen molar-refractivity contribution >= 4 is 118 Å². The van der Waals surface area contributed by atoms with Gasteiger partial charge in [-0.1, -0.05) is 69.3 Å². The van der Waals surface area contributed by atoms with Gasteiger partial charge in [0.1, 0.15) is 30.2 Å². The molecular formula is C58H78N14O15S2. The average Bonchev–Trinajstić information content (AvgIpc) is 1.77. The summed E-state index contributed by atoms with van der Waals surface area (Å²) >= 11 is 4.83. The molecule has 13 amide bonds. The number of likely N-dealkylation sites (tertiary alicyclic amines) is 1. The van der Waals surface area contributed by atoms with Crippen molar-refractivity contribution in [1.82, 2.24) is 68.0 Å². The molecule has 12 atom stereocenters. The van der Waals surface area contributed by atoms with E-state index in [9.17, 15) is 72.5 Å². The first-order valence-electron chi connectivity index (χ1n) is 29.5. The number of carbonyl (C=O) groups excluding carboxylic acids is 13. The first kappa shape index (κ1) is 68.2. The van der Waals surface area contributed by atoms with Crippen molar-refractivity contribution in [3.8, 4) is 0 Å². The normalized spacial score (nSPS) is 24.3. The van der Waals surface area contributed by atoms with Gasteiger partial charge in [-0.2, -0.15) is 12.6 Å². The molecule has 4 aliphatic rings. The molecule has 3 aromatic rings. The van der Waals surface area contributed by atoms with E-state index in [2.05, 4.69) is 76.1 Å². The van der Waals surface area contributed by atoms with E-state index in [0.717, 1.165) is 21.6 Å². The Balaban J connectivity index is 1.12. The molecule has 0 spiro atoms. The Morgan fingerprint density at radius 2 is 1.44 bits per heavy atom. The first-order chi connectivity index (χ1) is 42.3. The third-order valence-corrected chi connectivity index (χ3v) is 17.7. The number of thioether (sulfide) groups is 1. The molecular weight excluding hydrogens is 1200 g/mol. The van der Waals surface area contributed by atoms with Gasteiger partial charge in [0.05, 0.1) is 49.0 Å². The zero-order valence-corrected chi connectivity index (χ0v) is 51.6. The van der Waals surface area contributed by atoms with Crippen molar-refractivity contribution in [1.29, 1.82) is 0 Å². The standard InChI is InChI=1S/C58H78N14O15S2/c1-6-28(2)48-52(83)62-26-46(79)69-56-54(85)66-38(21-43(76)59-23-32-13-15-33(16-14-32)63-30(4)31(5)64-44(77)24-60-42(75)17-19-72-47(80)22-41(88)58(72)87)57(86)71-18-9-12-39(71)51(82)70-49(29(3)40(74)27-73)53(84)65-37(50(81)61-25-45(78)68-48)20-35-34-10-7-8-11-36(34)67-55(35)89-56/h7-8,10-11,13-16,28-31,37-41,48-49,56,63,67,73-74,88H,6,9,12,17-27H2,1-5H3,(H,59,76)(H,60,75)(H,61,81)(H,62,83)(H,64,77)(H,65,84)(H,66,85)(H,68,78)(H,69,79)(H,70,82)/t28-,29-,30?,31-,37-,38-,39-,40-,41?,48?,49?,56?/m0/s1. The Kier molecular flexibility index (Phi) is 23.9. The maximum absolute atomic E-state index is 15.0. The van der Waals surface area contributed by atoms with Gasteiger partial charge in [0.15, 0.2) is 5.37 Å². The van der Waals surface area contributed by atoms with Gasteiger partial charge >= 0.3 is 0 Å². The lowest BCUT2D eigenvalue weighted by atomic mass is 9.94. The molecule has 2 aromatic carbocycles. The van der Waals surface area contributed by atoms with Crippen LogP contribution < -0.4 is 58.5 Å². The fourth-order valence-corrected chi connectivity index (χ4v) is 11.9. The van der Waals surface area contributed by atoms with E-state index in [4.69, 9.17) is 0 Å². The second-order valence-electron chi connectivity index (χ2n) is 22.6. The number of thiol groups is 1. The zero-order chi connectivity index (χ0) is 64.8. The number of hydrogen-bond donors (Lipinski definition) is 15. The number of anilines is 1. The number of rotatable bonds is 18. The zero-order valence-electron chi connectivity index (χ0n) is 49.9. The highest BCUT2D eigenvalue weighted by Crippen LogP contribution is 2.34. The van der Waals surface area contributed by atoms with Crippen molar-refractivity contribution in [3.63, 3.8) is 0 Å². The number of nitrogens with zero attached hydrogens (tertiary/aromatic N) is 2. The lowest BCUT2D eigenvalue weighted by Crippen LogP contribution is -2.61. The van der Waals surface area contributed by atoms with Crippen molar-refractivity contribution < 1.29 is 72.5 Å². The van der Waals surface area contributed by atoms with Gasteiger partial charge in [-0.15, -0.1) is 0 Å². The van der Waals surface area contributed by atoms with E-state index in [0.29, 0.717) is 34.1 Å². The molecule has 2 fully saturated rings. The number of benzene rings is 2. The minimum absolute atomic E-state index is 0.0397. The largest absolute Gasteiger partial charge is 0.394 e. The quantitative estimate of drug-likeness (QED) is 0.0447. The molecule has 5 unspecified atom stereocenters. The van der Waals surface area contributed by atoms with Crippen LogP contribution in [0.1, 0.15) is 84.3 Å². The molecule has 89 heavy (non-hydrogen) atoms. The molecule has 7 rings (SSSR count). The van der Waals surface area contributed by atoms with Gasteiger partial charge in [0.2, 0.25) is 70.9 Å². The SMILES string of the molecule is CC[C@H](C)C1NC(=O)CNC(=O)[C@@H]2Cc3c([nH]c4ccccc34)SC(NC(=O)CNC1=O)C(=O)N[C@@H](CC(=O)NCc1ccc(NC(C)[C@H](C)NC(=O)CNC(=O)CCN3C(=O)CC(S)C3=O)cc1)C(=O)N1CCC[C@H]1C(=O)NC([C@@H](C)[C@@H](O)CO)C(=O)N2. The van der Waals surface area contributed by atoms with E-state index in [1.807, 2.05) is 6.92 Å². The van der Waals surface area contributed by atoms with Crippen LogP contribution in [0, 0.1) is 11.8 Å². The fourth-order valence-electron chi connectivity index (χ4n) is 10.5. The molecule has 5 heterocycles. The molecule has 1 aromatic heterocycles. The third-order valence-electron chi connectivity index (χ3n) is 16.2. The summed E-state index contributed by atoms with van der Waals surface area (Å²) in [5.74, 6) is -11.4. The van der Waals surface area contributed by atoms with Gasteiger partial charge in [-0.3, -0.25) is 67.2 Å². The predicted molar refractivity (Wildman–Crippen MR) is 325 cm³/mol. The van der Waals surface area contributed by atoms with Gasteiger partial charge < -0.3 is 78.6 Å². The van der Waals surface area contributed by atoms with Crippen LogP contribution in [0.25, 0.3) is 10.9 Å². The maximum atomic E-state index is 15.0. The Morgan fingerprint density at radius 1 is 0.742 bits per heavy atom. The average molecular weight is 1280 g/mol. The summed E-state index contributed by atoms with van der Waals surface area (Å²) in [5, 5.41) is 48.9. The van der Waals surface area contributed by atoms with Gasteiger partial charge in [-0.25, -0.2) is 0 Å². The summed E-state index contributed by atoms with van der Waals surface area (Å²) in [4.78, 5) is 183. The highest BCUT2D eigenvalue weighted by Gasteiger charge is 2.43. The highest BCUT2D eigenvalue weighted by atomic mass is 32.2. The smallest absolute Gasteiger partial charge is 0.254 e. The number of carbonyl (C=O) groups is 13. The Hall–Kier alpha value is -8.29. The number of aromatic amines is 1. The number of nitrogens with one attached hydrogen (secondary N) is 12. The number of fused-ring (bicyclic) bond motifs is 4.